The number of aryl methyl sites for hydroxylation is 1. The second-order valence-corrected chi connectivity index (χ2v) is 3.86. The van der Waals surface area contributed by atoms with Crippen LogP contribution < -0.4 is 0 Å². The Balaban J connectivity index is 2.31. The van der Waals surface area contributed by atoms with Gasteiger partial charge in [0.1, 0.15) is 0 Å². The van der Waals surface area contributed by atoms with Gasteiger partial charge < -0.3 is 10.0 Å². The lowest BCUT2D eigenvalue weighted by atomic mass is 10.2. The van der Waals surface area contributed by atoms with Gasteiger partial charge in [0, 0.05) is 12.6 Å². The Labute approximate surface area is 98.6 Å². The van der Waals surface area contributed by atoms with Crippen molar-refractivity contribution in [3.63, 3.8) is 0 Å². The highest BCUT2D eigenvalue weighted by atomic mass is 19.4. The first-order chi connectivity index (χ1) is 8.21. The van der Waals surface area contributed by atoms with Crippen LogP contribution in [0, 0.1) is 0 Å². The predicted octanol–water partition coefficient (Wildman–Crippen LogP) is 0.523. The fraction of sp³-hybridized carbons (Fsp3) is 0.444. The summed E-state index contributed by atoms with van der Waals surface area (Å²) in [5.74, 6) is -3.30. The van der Waals surface area contributed by atoms with Crippen molar-refractivity contribution in [3.05, 3.63) is 17.0 Å². The third-order valence-electron chi connectivity index (χ3n) is 2.70. The molecule has 0 spiro atoms. The zero-order valence-electron chi connectivity index (χ0n) is 9.15. The number of hydrogen-bond acceptors (Lipinski definition) is 3. The van der Waals surface area contributed by atoms with Crippen LogP contribution in [0.2, 0.25) is 0 Å². The van der Waals surface area contributed by atoms with Gasteiger partial charge in [-0.2, -0.15) is 18.3 Å². The molecule has 1 aliphatic heterocycles. The number of amides is 1. The van der Waals surface area contributed by atoms with E-state index in [2.05, 4.69) is 5.10 Å². The van der Waals surface area contributed by atoms with E-state index in [9.17, 15) is 22.8 Å². The average Bonchev–Trinajstić information content (AvgIpc) is 2.76. The lowest BCUT2D eigenvalue weighted by Gasteiger charge is -2.17. The Hall–Kier alpha value is -2.06. The van der Waals surface area contributed by atoms with Gasteiger partial charge in [0.2, 0.25) is 0 Å². The number of hydrogen-bond donors (Lipinski definition) is 1. The van der Waals surface area contributed by atoms with Gasteiger partial charge in [0.05, 0.1) is 18.8 Å². The smallest absolute Gasteiger partial charge is 0.471 e. The van der Waals surface area contributed by atoms with Gasteiger partial charge in [-0.05, 0) is 0 Å². The standard InChI is InChI=1S/C9H8F3N3O3/c1-14-5-3-15(8(18)9(10,11)12)2-4(5)6(13-14)7(16)17/h2-3H2,1H3,(H,16,17). The first-order valence-electron chi connectivity index (χ1n) is 4.86. The molecule has 0 radical (unpaired) electrons. The van der Waals surface area contributed by atoms with Gasteiger partial charge in [-0.3, -0.25) is 9.48 Å². The quantitative estimate of drug-likeness (QED) is 0.801. The minimum absolute atomic E-state index is 0.155. The van der Waals surface area contributed by atoms with Crippen molar-refractivity contribution in [2.45, 2.75) is 19.3 Å². The highest BCUT2D eigenvalue weighted by Crippen LogP contribution is 2.29. The molecule has 98 valence electrons. The number of halogens is 3. The average molecular weight is 263 g/mol. The number of alkyl halides is 3. The monoisotopic (exact) mass is 263 g/mol. The summed E-state index contributed by atoms with van der Waals surface area (Å²) in [7, 11) is 1.42. The molecule has 1 aliphatic rings. The maximum atomic E-state index is 12.3. The highest BCUT2D eigenvalue weighted by Gasteiger charge is 2.45. The van der Waals surface area contributed by atoms with Gasteiger partial charge in [0.15, 0.2) is 5.69 Å². The van der Waals surface area contributed by atoms with E-state index in [1.54, 1.807) is 0 Å². The third-order valence-corrected chi connectivity index (χ3v) is 2.70. The molecule has 0 bridgehead atoms. The summed E-state index contributed by atoms with van der Waals surface area (Å²) in [5.41, 5.74) is 0.151. The number of carbonyl (C=O) groups is 2. The molecule has 0 saturated heterocycles. The second-order valence-electron chi connectivity index (χ2n) is 3.86. The second kappa shape index (κ2) is 3.72. The Morgan fingerprint density at radius 3 is 2.44 bits per heavy atom. The van der Waals surface area contributed by atoms with E-state index >= 15 is 0 Å². The molecule has 1 aromatic rings. The van der Waals surface area contributed by atoms with E-state index < -0.39 is 18.1 Å². The van der Waals surface area contributed by atoms with Crippen LogP contribution in [0.5, 0.6) is 0 Å². The topological polar surface area (TPSA) is 75.4 Å². The molecule has 0 fully saturated rings. The molecular formula is C9H8F3N3O3. The van der Waals surface area contributed by atoms with Gasteiger partial charge in [-0.25, -0.2) is 4.79 Å². The largest absolute Gasteiger partial charge is 0.476 e. The molecule has 2 rings (SSSR count). The van der Waals surface area contributed by atoms with Crippen molar-refractivity contribution in [1.82, 2.24) is 14.7 Å². The van der Waals surface area contributed by atoms with Crippen molar-refractivity contribution in [3.8, 4) is 0 Å². The van der Waals surface area contributed by atoms with Gasteiger partial charge in [-0.1, -0.05) is 0 Å². The Kier molecular flexibility index (Phi) is 2.56. The van der Waals surface area contributed by atoms with Crippen molar-refractivity contribution in [2.24, 2.45) is 7.05 Å². The fourth-order valence-electron chi connectivity index (χ4n) is 1.89. The Morgan fingerprint density at radius 2 is 1.94 bits per heavy atom. The maximum Gasteiger partial charge on any atom is 0.471 e. The molecule has 9 heteroatoms. The van der Waals surface area contributed by atoms with Crippen LogP contribution in [0.3, 0.4) is 0 Å². The summed E-state index contributed by atoms with van der Waals surface area (Å²) < 4.78 is 38.0. The SMILES string of the molecule is Cn1nc(C(=O)O)c2c1CN(C(=O)C(F)(F)F)C2. The number of rotatable bonds is 1. The van der Waals surface area contributed by atoms with E-state index in [1.165, 1.54) is 11.7 Å². The number of nitrogens with zero attached hydrogens (tertiary/aromatic N) is 3. The first kappa shape index (κ1) is 12.4. The summed E-state index contributed by atoms with van der Waals surface area (Å²) in [6.45, 7) is -0.673. The first-order valence-corrected chi connectivity index (χ1v) is 4.86. The van der Waals surface area contributed by atoms with E-state index in [0.29, 0.717) is 10.6 Å². The summed E-state index contributed by atoms with van der Waals surface area (Å²) in [6.07, 6.45) is -4.96. The predicted molar refractivity (Wildman–Crippen MR) is 50.5 cm³/mol. The molecule has 1 aromatic heterocycles. The minimum atomic E-state index is -4.96. The fourth-order valence-corrected chi connectivity index (χ4v) is 1.89. The van der Waals surface area contributed by atoms with E-state index in [1.807, 2.05) is 0 Å². The number of fused-ring (bicyclic) bond motifs is 1. The lowest BCUT2D eigenvalue weighted by molar-refractivity contribution is -0.186. The van der Waals surface area contributed by atoms with Crippen molar-refractivity contribution in [1.29, 1.82) is 0 Å². The molecule has 0 aromatic carbocycles. The molecule has 0 saturated carbocycles. The van der Waals surface area contributed by atoms with E-state index in [4.69, 9.17) is 5.11 Å². The molecule has 0 aliphatic carbocycles. The van der Waals surface area contributed by atoms with Crippen LogP contribution >= 0.6 is 0 Å². The third kappa shape index (κ3) is 1.81. The van der Waals surface area contributed by atoms with E-state index in [0.717, 1.165) is 0 Å². The van der Waals surface area contributed by atoms with Gasteiger partial charge >= 0.3 is 18.1 Å². The molecule has 0 unspecified atom stereocenters. The van der Waals surface area contributed by atoms with Crippen LogP contribution in [-0.2, 0) is 24.9 Å². The summed E-state index contributed by atoms with van der Waals surface area (Å²) >= 11 is 0. The molecule has 18 heavy (non-hydrogen) atoms. The van der Waals surface area contributed by atoms with Crippen LogP contribution in [0.15, 0.2) is 0 Å². The summed E-state index contributed by atoms with van der Waals surface area (Å²) in [5, 5.41) is 12.5. The molecular weight excluding hydrogens is 255 g/mol. The van der Waals surface area contributed by atoms with Gasteiger partial charge in [-0.15, -0.1) is 0 Å². The Bertz CT molecular complexity index is 535. The summed E-state index contributed by atoms with van der Waals surface area (Å²) in [4.78, 5) is 22.4. The lowest BCUT2D eigenvalue weighted by Crippen LogP contribution is -2.38. The van der Waals surface area contributed by atoms with Gasteiger partial charge in [0.25, 0.3) is 0 Å². The number of aromatic carboxylic acids is 1. The maximum absolute atomic E-state index is 12.3. The zero-order chi connectivity index (χ0) is 13.7. The Morgan fingerprint density at radius 1 is 1.33 bits per heavy atom. The van der Waals surface area contributed by atoms with Crippen molar-refractivity contribution >= 4 is 11.9 Å². The van der Waals surface area contributed by atoms with Crippen LogP contribution in [0.25, 0.3) is 0 Å². The molecule has 1 amide bonds. The minimum Gasteiger partial charge on any atom is -0.476 e. The number of carbonyl (C=O) groups excluding carboxylic acids is 1. The molecule has 2 heterocycles. The zero-order valence-corrected chi connectivity index (χ0v) is 9.15. The molecule has 0 atom stereocenters. The van der Waals surface area contributed by atoms with Crippen LogP contribution in [-0.4, -0.2) is 37.8 Å². The molecule has 1 N–H and O–H groups in total. The van der Waals surface area contributed by atoms with Crippen molar-refractivity contribution in [2.75, 3.05) is 0 Å². The normalized spacial score (nSPS) is 14.8. The molecule has 6 nitrogen and oxygen atoms in total. The van der Waals surface area contributed by atoms with E-state index in [-0.39, 0.29) is 24.3 Å². The van der Waals surface area contributed by atoms with Crippen LogP contribution in [0.1, 0.15) is 21.7 Å². The van der Waals surface area contributed by atoms with Crippen LogP contribution in [0.4, 0.5) is 13.2 Å². The summed E-state index contributed by atoms with van der Waals surface area (Å²) in [6, 6.07) is 0. The highest BCUT2D eigenvalue weighted by molar-refractivity contribution is 5.88. The number of carboxylic acid groups (broad SMARTS) is 1. The van der Waals surface area contributed by atoms with Crippen molar-refractivity contribution < 1.29 is 27.9 Å². The number of aromatic nitrogens is 2. The number of carboxylic acids is 1.